The predicted octanol–water partition coefficient (Wildman–Crippen LogP) is 3.84. The molecule has 2 rings (SSSR count). The number of benzene rings is 1. The first-order valence-electron chi connectivity index (χ1n) is 4.83. The lowest BCUT2D eigenvalue weighted by Gasteiger charge is -2.03. The van der Waals surface area contributed by atoms with Crippen LogP contribution in [-0.4, -0.2) is 6.29 Å². The minimum atomic E-state index is 0.738. The van der Waals surface area contributed by atoms with E-state index in [4.69, 9.17) is 0 Å². The van der Waals surface area contributed by atoms with Gasteiger partial charge in [-0.05, 0) is 43.2 Å². The van der Waals surface area contributed by atoms with E-state index in [9.17, 15) is 4.79 Å². The lowest BCUT2D eigenvalue weighted by Crippen LogP contribution is -1.84. The third-order valence-electron chi connectivity index (χ3n) is 2.40. The van der Waals surface area contributed by atoms with Crippen LogP contribution in [0.5, 0.6) is 0 Å². The van der Waals surface area contributed by atoms with Crippen molar-refractivity contribution in [3.63, 3.8) is 0 Å². The normalized spacial score (nSPS) is 10.3. The molecule has 0 unspecified atom stereocenters. The highest BCUT2D eigenvalue weighted by molar-refractivity contribution is 7.15. The number of carbonyl (C=O) groups is 1. The molecule has 2 aromatic rings. The first-order chi connectivity index (χ1) is 7.20. The van der Waals surface area contributed by atoms with Crippen molar-refractivity contribution in [1.82, 2.24) is 0 Å². The largest absolute Gasteiger partial charge is 0.298 e. The van der Waals surface area contributed by atoms with Crippen LogP contribution in [0.15, 0.2) is 30.3 Å². The zero-order chi connectivity index (χ0) is 10.8. The molecule has 2 heteroatoms. The standard InChI is InChI=1S/C13H12OS/c1-9-3-5-11(8-14)7-12(9)13-6-4-10(2)15-13/h3-8H,1-2H3. The van der Waals surface area contributed by atoms with Gasteiger partial charge in [-0.15, -0.1) is 11.3 Å². The maximum Gasteiger partial charge on any atom is 0.150 e. The molecule has 0 aliphatic heterocycles. The van der Waals surface area contributed by atoms with Crippen LogP contribution in [0, 0.1) is 13.8 Å². The van der Waals surface area contributed by atoms with Crippen molar-refractivity contribution < 1.29 is 4.79 Å². The first-order valence-corrected chi connectivity index (χ1v) is 5.65. The Kier molecular flexibility index (Phi) is 2.69. The van der Waals surface area contributed by atoms with E-state index < -0.39 is 0 Å². The van der Waals surface area contributed by atoms with Crippen LogP contribution in [0.25, 0.3) is 10.4 Å². The van der Waals surface area contributed by atoms with Crippen molar-refractivity contribution in [2.75, 3.05) is 0 Å². The number of rotatable bonds is 2. The third-order valence-corrected chi connectivity index (χ3v) is 3.44. The maximum absolute atomic E-state index is 10.7. The molecule has 1 nitrogen and oxygen atoms in total. The average Bonchev–Trinajstić information content (AvgIpc) is 2.65. The molecule has 0 bridgehead atoms. The van der Waals surface area contributed by atoms with Crippen LogP contribution >= 0.6 is 11.3 Å². The second kappa shape index (κ2) is 3.99. The summed E-state index contributed by atoms with van der Waals surface area (Å²) in [5, 5.41) is 0. The van der Waals surface area contributed by atoms with Gasteiger partial charge in [0.15, 0.2) is 0 Å². The van der Waals surface area contributed by atoms with E-state index in [-0.39, 0.29) is 0 Å². The van der Waals surface area contributed by atoms with Crippen molar-refractivity contribution >= 4 is 17.6 Å². The van der Waals surface area contributed by atoms with E-state index in [2.05, 4.69) is 26.0 Å². The SMILES string of the molecule is Cc1ccc(-c2cc(C=O)ccc2C)s1. The van der Waals surface area contributed by atoms with Gasteiger partial charge in [0.05, 0.1) is 0 Å². The van der Waals surface area contributed by atoms with Crippen molar-refractivity contribution in [2.45, 2.75) is 13.8 Å². The molecular weight excluding hydrogens is 204 g/mol. The maximum atomic E-state index is 10.7. The lowest BCUT2D eigenvalue weighted by molar-refractivity contribution is 0.112. The van der Waals surface area contributed by atoms with E-state index in [1.807, 2.05) is 18.2 Å². The van der Waals surface area contributed by atoms with Crippen molar-refractivity contribution in [3.8, 4) is 10.4 Å². The molecule has 0 saturated carbocycles. The zero-order valence-corrected chi connectivity index (χ0v) is 9.60. The molecule has 1 aromatic heterocycles. The Morgan fingerprint density at radius 1 is 1.13 bits per heavy atom. The highest BCUT2D eigenvalue weighted by Gasteiger charge is 2.05. The minimum absolute atomic E-state index is 0.738. The molecule has 0 atom stereocenters. The molecule has 76 valence electrons. The number of hydrogen-bond donors (Lipinski definition) is 0. The predicted molar refractivity (Wildman–Crippen MR) is 64.6 cm³/mol. The smallest absolute Gasteiger partial charge is 0.150 e. The molecule has 0 saturated heterocycles. The summed E-state index contributed by atoms with van der Waals surface area (Å²) in [7, 11) is 0. The van der Waals surface area contributed by atoms with E-state index >= 15 is 0 Å². The number of aldehydes is 1. The van der Waals surface area contributed by atoms with E-state index in [1.54, 1.807) is 11.3 Å². The fraction of sp³-hybridized carbons (Fsp3) is 0.154. The molecule has 0 amide bonds. The number of carbonyl (C=O) groups excluding carboxylic acids is 1. The highest BCUT2D eigenvalue weighted by atomic mass is 32.1. The Morgan fingerprint density at radius 2 is 1.93 bits per heavy atom. The first kappa shape index (κ1) is 10.1. The zero-order valence-electron chi connectivity index (χ0n) is 8.78. The van der Waals surface area contributed by atoms with Crippen LogP contribution in [0.2, 0.25) is 0 Å². The topological polar surface area (TPSA) is 17.1 Å². The second-order valence-corrected chi connectivity index (χ2v) is 4.89. The summed E-state index contributed by atoms with van der Waals surface area (Å²) >= 11 is 1.76. The molecule has 1 heterocycles. The van der Waals surface area contributed by atoms with Gasteiger partial charge in [-0.3, -0.25) is 4.79 Å². The summed E-state index contributed by atoms with van der Waals surface area (Å²) in [6.07, 6.45) is 0.892. The minimum Gasteiger partial charge on any atom is -0.298 e. The van der Waals surface area contributed by atoms with Crippen molar-refractivity contribution in [3.05, 3.63) is 46.3 Å². The van der Waals surface area contributed by atoms with Crippen LogP contribution in [0.4, 0.5) is 0 Å². The number of thiophene rings is 1. The Hall–Kier alpha value is -1.41. The molecular formula is C13H12OS. The fourth-order valence-corrected chi connectivity index (χ4v) is 2.51. The Morgan fingerprint density at radius 3 is 2.53 bits per heavy atom. The summed E-state index contributed by atoms with van der Waals surface area (Å²) < 4.78 is 0. The fourth-order valence-electron chi connectivity index (χ4n) is 1.56. The Balaban J connectivity index is 2.55. The van der Waals surface area contributed by atoms with Crippen molar-refractivity contribution in [1.29, 1.82) is 0 Å². The van der Waals surface area contributed by atoms with Gasteiger partial charge in [-0.1, -0.05) is 12.1 Å². The molecule has 15 heavy (non-hydrogen) atoms. The molecule has 0 aliphatic rings. The lowest BCUT2D eigenvalue weighted by atomic mass is 10.0. The van der Waals surface area contributed by atoms with Crippen LogP contribution in [-0.2, 0) is 0 Å². The van der Waals surface area contributed by atoms with Gasteiger partial charge in [0.25, 0.3) is 0 Å². The second-order valence-electron chi connectivity index (χ2n) is 3.60. The third kappa shape index (κ3) is 2.00. The van der Waals surface area contributed by atoms with Gasteiger partial charge in [-0.25, -0.2) is 0 Å². The van der Waals surface area contributed by atoms with Gasteiger partial charge in [-0.2, -0.15) is 0 Å². The monoisotopic (exact) mass is 216 g/mol. The molecule has 0 N–H and O–H groups in total. The average molecular weight is 216 g/mol. The van der Waals surface area contributed by atoms with E-state index in [0.717, 1.165) is 17.4 Å². The highest BCUT2D eigenvalue weighted by Crippen LogP contribution is 2.30. The van der Waals surface area contributed by atoms with E-state index in [1.165, 1.54) is 15.3 Å². The summed E-state index contributed by atoms with van der Waals surface area (Å²) in [5.41, 5.74) is 3.11. The van der Waals surface area contributed by atoms with Crippen molar-refractivity contribution in [2.24, 2.45) is 0 Å². The molecule has 0 spiro atoms. The molecule has 1 aromatic carbocycles. The quantitative estimate of drug-likeness (QED) is 0.697. The van der Waals surface area contributed by atoms with Gasteiger partial charge in [0, 0.05) is 15.3 Å². The van der Waals surface area contributed by atoms with Gasteiger partial charge >= 0.3 is 0 Å². The summed E-state index contributed by atoms with van der Waals surface area (Å²) in [5.74, 6) is 0. The number of aryl methyl sites for hydroxylation is 2. The van der Waals surface area contributed by atoms with E-state index in [0.29, 0.717) is 0 Å². The van der Waals surface area contributed by atoms with Crippen LogP contribution in [0.3, 0.4) is 0 Å². The molecule has 0 aliphatic carbocycles. The molecule has 0 fully saturated rings. The molecule has 0 radical (unpaired) electrons. The Bertz CT molecular complexity index is 497. The van der Waals surface area contributed by atoms with Gasteiger partial charge < -0.3 is 0 Å². The van der Waals surface area contributed by atoms with Gasteiger partial charge in [0.1, 0.15) is 6.29 Å². The Labute approximate surface area is 93.4 Å². The van der Waals surface area contributed by atoms with Gasteiger partial charge in [0.2, 0.25) is 0 Å². The summed E-state index contributed by atoms with van der Waals surface area (Å²) in [6.45, 7) is 4.16. The summed E-state index contributed by atoms with van der Waals surface area (Å²) in [4.78, 5) is 13.2. The number of hydrogen-bond acceptors (Lipinski definition) is 2. The van der Waals surface area contributed by atoms with Crippen LogP contribution in [0.1, 0.15) is 20.8 Å². The van der Waals surface area contributed by atoms with Crippen LogP contribution < -0.4 is 0 Å². The summed E-state index contributed by atoms with van der Waals surface area (Å²) in [6, 6.07) is 10.0.